The molecule has 0 atom stereocenters. The van der Waals surface area contributed by atoms with Crippen LogP contribution in [0.2, 0.25) is 0 Å². The van der Waals surface area contributed by atoms with E-state index >= 15 is 0 Å². The lowest BCUT2D eigenvalue weighted by Crippen LogP contribution is -2.24. The van der Waals surface area contributed by atoms with Crippen LogP contribution in [-0.4, -0.2) is 25.4 Å². The van der Waals surface area contributed by atoms with Gasteiger partial charge in [-0.1, -0.05) is 31.5 Å². The second-order valence-electron chi connectivity index (χ2n) is 6.13. The van der Waals surface area contributed by atoms with Gasteiger partial charge >= 0.3 is 0 Å². The number of carbonyl (C=O) groups is 1. The molecule has 0 radical (unpaired) electrons. The van der Waals surface area contributed by atoms with Crippen LogP contribution in [0.1, 0.15) is 32.3 Å². The summed E-state index contributed by atoms with van der Waals surface area (Å²) in [6.07, 6.45) is 2.00. The number of hydrogen-bond donors (Lipinski definition) is 2. The molecule has 2 rings (SSSR count). The van der Waals surface area contributed by atoms with Crippen LogP contribution in [0.5, 0.6) is 0 Å². The molecule has 0 aliphatic carbocycles. The molecule has 0 bridgehead atoms. The van der Waals surface area contributed by atoms with E-state index in [1.807, 2.05) is 30.3 Å². The van der Waals surface area contributed by atoms with Crippen molar-refractivity contribution >= 4 is 27.4 Å². The van der Waals surface area contributed by atoms with Gasteiger partial charge in [0, 0.05) is 31.4 Å². The molecule has 0 heterocycles. The molecular formula is C19H24N2O4S. The summed E-state index contributed by atoms with van der Waals surface area (Å²) in [6.45, 7) is 4.84. The predicted octanol–water partition coefficient (Wildman–Crippen LogP) is 3.70. The number of unbranched alkanes of at least 4 members (excludes halogenated alkanes) is 1. The molecule has 0 aromatic heterocycles. The maximum atomic E-state index is 11.4. The molecule has 0 aliphatic heterocycles. The second kappa shape index (κ2) is 8.82. The summed E-state index contributed by atoms with van der Waals surface area (Å²) in [6, 6.07) is 13.8. The van der Waals surface area contributed by atoms with Gasteiger partial charge in [0.15, 0.2) is 0 Å². The number of anilines is 2. The maximum Gasteiger partial charge on any atom is 0.294 e. The fourth-order valence-corrected chi connectivity index (χ4v) is 3.21. The predicted molar refractivity (Wildman–Crippen MR) is 103 cm³/mol. The molecule has 0 saturated carbocycles. The van der Waals surface area contributed by atoms with Crippen molar-refractivity contribution in [3.05, 3.63) is 54.1 Å². The topological polar surface area (TPSA) is 86.7 Å². The highest BCUT2D eigenvalue weighted by Gasteiger charge is 2.13. The van der Waals surface area contributed by atoms with Gasteiger partial charge in [-0.2, -0.15) is 8.42 Å². The molecule has 1 amide bonds. The average molecular weight is 376 g/mol. The first-order valence-corrected chi connectivity index (χ1v) is 9.92. The van der Waals surface area contributed by atoms with Crippen LogP contribution in [-0.2, 0) is 21.5 Å². The van der Waals surface area contributed by atoms with Crippen LogP contribution < -0.4 is 10.2 Å². The Hall–Kier alpha value is -2.38. The molecule has 0 fully saturated rings. The first-order chi connectivity index (χ1) is 12.3. The van der Waals surface area contributed by atoms with Gasteiger partial charge in [0.05, 0.1) is 4.90 Å². The molecule has 2 aromatic rings. The van der Waals surface area contributed by atoms with Crippen molar-refractivity contribution in [1.29, 1.82) is 0 Å². The SMILES string of the molecule is CCCCN(Cc1cccc(S(=O)(=O)O)c1)c1cccc(NC(C)=O)c1. The molecule has 6 nitrogen and oxygen atoms in total. The monoisotopic (exact) mass is 376 g/mol. The van der Waals surface area contributed by atoms with Crippen molar-refractivity contribution in [3.8, 4) is 0 Å². The van der Waals surface area contributed by atoms with E-state index in [0.29, 0.717) is 12.2 Å². The lowest BCUT2D eigenvalue weighted by atomic mass is 10.1. The summed E-state index contributed by atoms with van der Waals surface area (Å²) in [7, 11) is -4.23. The van der Waals surface area contributed by atoms with Crippen molar-refractivity contribution in [1.82, 2.24) is 0 Å². The normalized spacial score (nSPS) is 11.2. The van der Waals surface area contributed by atoms with Crippen molar-refractivity contribution in [2.45, 2.75) is 38.1 Å². The summed E-state index contributed by atoms with van der Waals surface area (Å²) < 4.78 is 32.0. The molecule has 0 saturated heterocycles. The van der Waals surface area contributed by atoms with E-state index in [9.17, 15) is 17.8 Å². The molecule has 0 spiro atoms. The fourth-order valence-electron chi connectivity index (χ4n) is 2.66. The molecule has 7 heteroatoms. The first kappa shape index (κ1) is 19.9. The molecular weight excluding hydrogens is 352 g/mol. The van der Waals surface area contributed by atoms with Crippen LogP contribution in [0.25, 0.3) is 0 Å². The Kier molecular flexibility index (Phi) is 6.76. The molecule has 140 valence electrons. The van der Waals surface area contributed by atoms with Crippen LogP contribution in [0, 0.1) is 0 Å². The van der Waals surface area contributed by atoms with Gasteiger partial charge in [0.1, 0.15) is 0 Å². The lowest BCUT2D eigenvalue weighted by molar-refractivity contribution is -0.114. The first-order valence-electron chi connectivity index (χ1n) is 8.48. The number of benzene rings is 2. The molecule has 2 aromatic carbocycles. The Bertz CT molecular complexity index is 865. The number of carbonyl (C=O) groups excluding carboxylic acids is 1. The molecule has 2 N–H and O–H groups in total. The number of rotatable bonds is 8. The van der Waals surface area contributed by atoms with E-state index in [0.717, 1.165) is 30.6 Å². The highest BCUT2D eigenvalue weighted by molar-refractivity contribution is 7.85. The average Bonchev–Trinajstić information content (AvgIpc) is 2.58. The van der Waals surface area contributed by atoms with Gasteiger partial charge in [-0.05, 0) is 42.3 Å². The Morgan fingerprint density at radius 3 is 2.54 bits per heavy atom. The largest absolute Gasteiger partial charge is 0.367 e. The summed E-state index contributed by atoms with van der Waals surface area (Å²) >= 11 is 0. The van der Waals surface area contributed by atoms with E-state index in [-0.39, 0.29) is 10.8 Å². The lowest BCUT2D eigenvalue weighted by Gasteiger charge is -2.25. The van der Waals surface area contributed by atoms with Crippen LogP contribution >= 0.6 is 0 Å². The number of hydrogen-bond acceptors (Lipinski definition) is 4. The third kappa shape index (κ3) is 5.86. The van der Waals surface area contributed by atoms with Gasteiger partial charge in [-0.25, -0.2) is 0 Å². The van der Waals surface area contributed by atoms with Crippen LogP contribution in [0.15, 0.2) is 53.4 Å². The Balaban J connectivity index is 2.29. The fraction of sp³-hybridized carbons (Fsp3) is 0.316. The van der Waals surface area contributed by atoms with Crippen molar-refractivity contribution in [2.75, 3.05) is 16.8 Å². The van der Waals surface area contributed by atoms with Gasteiger partial charge in [0.25, 0.3) is 10.1 Å². The smallest absolute Gasteiger partial charge is 0.294 e. The van der Waals surface area contributed by atoms with E-state index in [1.54, 1.807) is 6.07 Å². The summed E-state index contributed by atoms with van der Waals surface area (Å²) in [5, 5.41) is 2.77. The highest BCUT2D eigenvalue weighted by atomic mass is 32.2. The highest BCUT2D eigenvalue weighted by Crippen LogP contribution is 2.23. The zero-order valence-electron chi connectivity index (χ0n) is 15.0. The quantitative estimate of drug-likeness (QED) is 0.686. The minimum Gasteiger partial charge on any atom is -0.367 e. The standard InChI is InChI=1S/C19H24N2O4S/c1-3-4-11-21(18-9-6-8-17(13-18)20-15(2)22)14-16-7-5-10-19(12-16)26(23,24)25/h5-10,12-13H,3-4,11,14H2,1-2H3,(H,20,22)(H,23,24,25). The van der Waals surface area contributed by atoms with Crippen LogP contribution in [0.4, 0.5) is 11.4 Å². The van der Waals surface area contributed by atoms with Gasteiger partial charge in [0.2, 0.25) is 5.91 Å². The maximum absolute atomic E-state index is 11.4. The summed E-state index contributed by atoms with van der Waals surface area (Å²) in [4.78, 5) is 13.3. The number of nitrogens with one attached hydrogen (secondary N) is 1. The Morgan fingerprint density at radius 2 is 1.88 bits per heavy atom. The zero-order valence-corrected chi connectivity index (χ0v) is 15.8. The summed E-state index contributed by atoms with van der Waals surface area (Å²) in [5.74, 6) is -0.136. The third-order valence-corrected chi connectivity index (χ3v) is 4.73. The van der Waals surface area contributed by atoms with Gasteiger partial charge in [-0.15, -0.1) is 0 Å². The molecule has 0 unspecified atom stereocenters. The minimum absolute atomic E-state index is 0.113. The van der Waals surface area contributed by atoms with E-state index in [4.69, 9.17) is 0 Å². The number of amides is 1. The molecule has 26 heavy (non-hydrogen) atoms. The minimum atomic E-state index is -4.23. The van der Waals surface area contributed by atoms with E-state index in [1.165, 1.54) is 19.1 Å². The van der Waals surface area contributed by atoms with Gasteiger partial charge in [-0.3, -0.25) is 9.35 Å². The van der Waals surface area contributed by atoms with E-state index in [2.05, 4.69) is 17.1 Å². The van der Waals surface area contributed by atoms with Crippen LogP contribution in [0.3, 0.4) is 0 Å². The molecule has 0 aliphatic rings. The number of nitrogens with zero attached hydrogens (tertiary/aromatic N) is 1. The Labute approximate surface area is 154 Å². The second-order valence-corrected chi connectivity index (χ2v) is 7.55. The summed E-state index contributed by atoms with van der Waals surface area (Å²) in [5.41, 5.74) is 2.42. The van der Waals surface area contributed by atoms with Crippen molar-refractivity contribution in [3.63, 3.8) is 0 Å². The van der Waals surface area contributed by atoms with Gasteiger partial charge < -0.3 is 10.2 Å². The van der Waals surface area contributed by atoms with Crippen molar-refractivity contribution < 1.29 is 17.8 Å². The third-order valence-electron chi connectivity index (χ3n) is 3.88. The van der Waals surface area contributed by atoms with Crippen molar-refractivity contribution in [2.24, 2.45) is 0 Å². The zero-order chi connectivity index (χ0) is 19.2. The Morgan fingerprint density at radius 1 is 1.15 bits per heavy atom. The van der Waals surface area contributed by atoms with E-state index < -0.39 is 10.1 Å².